The van der Waals surface area contributed by atoms with Gasteiger partial charge in [-0.3, -0.25) is 4.79 Å². The molecule has 5 nitrogen and oxygen atoms in total. The third-order valence-electron chi connectivity index (χ3n) is 5.68. The molecule has 1 atom stereocenters. The molecular weight excluding hydrogens is 324 g/mol. The van der Waals surface area contributed by atoms with Gasteiger partial charge in [0.15, 0.2) is 5.78 Å². The molecule has 1 saturated heterocycles. The monoisotopic (exact) mass is 350 g/mol. The van der Waals surface area contributed by atoms with Crippen molar-refractivity contribution in [1.82, 2.24) is 14.9 Å². The topological polar surface area (TPSA) is 49.3 Å². The Labute approximate surface area is 155 Å². The molecule has 2 aliphatic rings. The minimum Gasteiger partial charge on any atom is -0.338 e. The van der Waals surface area contributed by atoms with E-state index in [4.69, 9.17) is 4.98 Å². The first-order chi connectivity index (χ1) is 12.7. The molecule has 1 aromatic heterocycles. The molecule has 5 heteroatoms. The van der Waals surface area contributed by atoms with Crippen molar-refractivity contribution in [3.63, 3.8) is 0 Å². The zero-order chi connectivity index (χ0) is 18.1. The van der Waals surface area contributed by atoms with E-state index in [9.17, 15) is 4.79 Å². The van der Waals surface area contributed by atoms with Gasteiger partial charge in [-0.25, -0.2) is 9.97 Å². The number of fused-ring (bicyclic) bond motifs is 1. The maximum atomic E-state index is 12.8. The number of hydrogen-bond acceptors (Lipinski definition) is 5. The zero-order valence-electron chi connectivity index (χ0n) is 15.6. The molecule has 0 bridgehead atoms. The second kappa shape index (κ2) is 7.16. The Balaban J connectivity index is 1.62. The van der Waals surface area contributed by atoms with Crippen LogP contribution in [0.4, 0.5) is 5.95 Å². The van der Waals surface area contributed by atoms with Gasteiger partial charge in [0.1, 0.15) is 0 Å². The number of anilines is 1. The molecule has 1 fully saturated rings. The van der Waals surface area contributed by atoms with Crippen LogP contribution in [0.1, 0.15) is 46.6 Å². The summed E-state index contributed by atoms with van der Waals surface area (Å²) in [6.07, 6.45) is 1.37. The quantitative estimate of drug-likeness (QED) is 0.852. The zero-order valence-corrected chi connectivity index (χ0v) is 15.6. The fourth-order valence-electron chi connectivity index (χ4n) is 4.12. The van der Waals surface area contributed by atoms with E-state index in [0.717, 1.165) is 62.0 Å². The van der Waals surface area contributed by atoms with Crippen LogP contribution in [0.25, 0.3) is 0 Å². The number of carbonyl (C=O) groups is 1. The molecule has 0 N–H and O–H groups in total. The van der Waals surface area contributed by atoms with Crippen LogP contribution in [0, 0.1) is 6.92 Å². The van der Waals surface area contributed by atoms with Gasteiger partial charge in [0.25, 0.3) is 0 Å². The molecule has 1 aliphatic carbocycles. The molecule has 4 rings (SSSR count). The molecule has 0 radical (unpaired) electrons. The summed E-state index contributed by atoms with van der Waals surface area (Å²) < 4.78 is 0. The Morgan fingerprint density at radius 1 is 1.04 bits per heavy atom. The molecule has 2 aromatic rings. The van der Waals surface area contributed by atoms with Crippen molar-refractivity contribution in [1.29, 1.82) is 0 Å². The summed E-state index contributed by atoms with van der Waals surface area (Å²) >= 11 is 0. The smallest absolute Gasteiger partial charge is 0.225 e. The normalized spacial score (nSPS) is 20.9. The van der Waals surface area contributed by atoms with Gasteiger partial charge in [-0.05, 0) is 31.4 Å². The van der Waals surface area contributed by atoms with Crippen molar-refractivity contribution in [2.45, 2.75) is 32.6 Å². The van der Waals surface area contributed by atoms with E-state index in [1.54, 1.807) is 0 Å². The number of aryl methyl sites for hydroxylation is 1. The van der Waals surface area contributed by atoms with E-state index in [0.29, 0.717) is 6.42 Å². The predicted octanol–water partition coefficient (Wildman–Crippen LogP) is 2.84. The van der Waals surface area contributed by atoms with Crippen molar-refractivity contribution in [2.75, 3.05) is 37.6 Å². The summed E-state index contributed by atoms with van der Waals surface area (Å²) in [5, 5.41) is 0. The first kappa shape index (κ1) is 17.2. The van der Waals surface area contributed by atoms with Gasteiger partial charge in [-0.15, -0.1) is 0 Å². The molecule has 0 saturated carbocycles. The van der Waals surface area contributed by atoms with E-state index >= 15 is 0 Å². The van der Waals surface area contributed by atoms with Crippen LogP contribution >= 0.6 is 0 Å². The number of likely N-dealkylation sites (N-methyl/N-ethyl adjacent to an activating group) is 1. The number of rotatable bonds is 3. The molecule has 1 aliphatic heterocycles. The molecule has 1 aromatic carbocycles. The predicted molar refractivity (Wildman–Crippen MR) is 103 cm³/mol. The molecular formula is C21H26N4O. The molecule has 0 amide bonds. The van der Waals surface area contributed by atoms with Crippen LogP contribution in [-0.2, 0) is 6.42 Å². The number of carbonyl (C=O) groups excluding carboxylic acids is 1. The minimum atomic E-state index is 0.181. The van der Waals surface area contributed by atoms with Crippen LogP contribution in [0.5, 0.6) is 0 Å². The van der Waals surface area contributed by atoms with Gasteiger partial charge in [0.05, 0.1) is 17.0 Å². The Kier molecular flexibility index (Phi) is 4.72. The summed E-state index contributed by atoms with van der Waals surface area (Å²) in [6.45, 7) is 9.22. The second-order valence-corrected chi connectivity index (χ2v) is 7.29. The highest BCUT2D eigenvalue weighted by atomic mass is 16.1. The molecule has 2 heterocycles. The van der Waals surface area contributed by atoms with E-state index in [-0.39, 0.29) is 11.7 Å². The van der Waals surface area contributed by atoms with Crippen LogP contribution in [0.15, 0.2) is 30.3 Å². The maximum absolute atomic E-state index is 12.8. The van der Waals surface area contributed by atoms with Gasteiger partial charge in [-0.1, -0.05) is 37.3 Å². The molecule has 0 unspecified atom stereocenters. The minimum absolute atomic E-state index is 0.181. The summed E-state index contributed by atoms with van der Waals surface area (Å²) in [5.41, 5.74) is 3.74. The van der Waals surface area contributed by atoms with E-state index < -0.39 is 0 Å². The van der Waals surface area contributed by atoms with Crippen molar-refractivity contribution in [2.24, 2.45) is 0 Å². The number of Topliss-reactive ketones (excluding diaryl/α,β-unsaturated/α-hetero) is 1. The SMILES string of the molecule is CCN1CCN(c2nc(C)c3c(n2)C[C@H](c2ccccc2)CC3=O)CC1. The standard InChI is InChI=1S/C21H26N4O/c1-3-24-9-11-25(12-10-24)21-22-15(2)20-18(23-21)13-17(14-19(20)26)16-7-5-4-6-8-16/h4-8,17H,3,9-14H2,1-2H3/t17-/m0/s1. The van der Waals surface area contributed by atoms with Crippen LogP contribution < -0.4 is 4.90 Å². The maximum Gasteiger partial charge on any atom is 0.225 e. The van der Waals surface area contributed by atoms with Gasteiger partial charge < -0.3 is 9.80 Å². The highest BCUT2D eigenvalue weighted by Crippen LogP contribution is 2.33. The second-order valence-electron chi connectivity index (χ2n) is 7.29. The van der Waals surface area contributed by atoms with Gasteiger partial charge in [0.2, 0.25) is 5.95 Å². The average molecular weight is 350 g/mol. The van der Waals surface area contributed by atoms with Crippen molar-refractivity contribution in [3.8, 4) is 0 Å². The Morgan fingerprint density at radius 3 is 2.46 bits per heavy atom. The largest absolute Gasteiger partial charge is 0.338 e. The number of benzene rings is 1. The van der Waals surface area contributed by atoms with E-state index in [2.05, 4.69) is 33.8 Å². The number of nitrogens with zero attached hydrogens (tertiary/aromatic N) is 4. The van der Waals surface area contributed by atoms with Crippen LogP contribution in [0.3, 0.4) is 0 Å². The number of hydrogen-bond donors (Lipinski definition) is 0. The summed E-state index contributed by atoms with van der Waals surface area (Å²) in [5.74, 6) is 1.19. The van der Waals surface area contributed by atoms with Gasteiger partial charge in [0, 0.05) is 32.6 Å². The first-order valence-corrected chi connectivity index (χ1v) is 9.58. The Morgan fingerprint density at radius 2 is 1.77 bits per heavy atom. The lowest BCUT2D eigenvalue weighted by Crippen LogP contribution is -2.47. The van der Waals surface area contributed by atoms with Crippen molar-refractivity contribution in [3.05, 3.63) is 52.8 Å². The highest BCUT2D eigenvalue weighted by molar-refractivity contribution is 5.99. The van der Waals surface area contributed by atoms with E-state index in [1.807, 2.05) is 25.1 Å². The first-order valence-electron chi connectivity index (χ1n) is 9.58. The Hall–Kier alpha value is -2.27. The molecule has 26 heavy (non-hydrogen) atoms. The lowest BCUT2D eigenvalue weighted by molar-refractivity contribution is 0.0962. The van der Waals surface area contributed by atoms with E-state index in [1.165, 1.54) is 5.56 Å². The van der Waals surface area contributed by atoms with Crippen molar-refractivity contribution >= 4 is 11.7 Å². The van der Waals surface area contributed by atoms with Crippen molar-refractivity contribution < 1.29 is 4.79 Å². The summed E-state index contributed by atoms with van der Waals surface area (Å²) in [7, 11) is 0. The van der Waals surface area contributed by atoms with Crippen LogP contribution in [-0.4, -0.2) is 53.4 Å². The molecule has 0 spiro atoms. The van der Waals surface area contributed by atoms with Crippen LogP contribution in [0.2, 0.25) is 0 Å². The number of ketones is 1. The third-order valence-corrected chi connectivity index (χ3v) is 5.68. The van der Waals surface area contributed by atoms with Gasteiger partial charge in [-0.2, -0.15) is 0 Å². The highest BCUT2D eigenvalue weighted by Gasteiger charge is 2.30. The number of aromatic nitrogens is 2. The number of piperazine rings is 1. The van der Waals surface area contributed by atoms with Gasteiger partial charge >= 0.3 is 0 Å². The lowest BCUT2D eigenvalue weighted by atomic mass is 9.81. The Bertz CT molecular complexity index is 797. The molecule has 136 valence electrons. The summed E-state index contributed by atoms with van der Waals surface area (Å²) in [4.78, 5) is 27.0. The third kappa shape index (κ3) is 3.23. The summed E-state index contributed by atoms with van der Waals surface area (Å²) in [6, 6.07) is 10.3. The fourth-order valence-corrected chi connectivity index (χ4v) is 4.12. The lowest BCUT2D eigenvalue weighted by Gasteiger charge is -2.35. The fraction of sp³-hybridized carbons (Fsp3) is 0.476. The average Bonchev–Trinajstić information content (AvgIpc) is 2.68.